The van der Waals surface area contributed by atoms with Gasteiger partial charge in [-0.1, -0.05) is 209 Å². The van der Waals surface area contributed by atoms with Crippen molar-refractivity contribution < 1.29 is 28.6 Å². The normalized spacial score (nSPS) is 12.7. The standard InChI is InChI=1S/C59H100O6/c1-4-7-10-13-16-19-22-25-28-29-32-34-37-40-43-46-49-52-58(61)64-55-56(65-59(62)53-50-47-44-41-38-35-31-27-24-21-18-15-12-9-6-3)54-63-57(60)51-48-45-42-39-36-33-30-26-23-20-17-14-11-8-5-2/h7,10,16,19,25-28,30-32,34,40,43,56H,4-6,8-9,11-15,17-18,20-24,29,33,35-39,41-42,44-55H2,1-3H3/b10-7-,19-16-,28-25-,30-26-,31-27-,34-32-,43-40-/t56-/m1/s1. The van der Waals surface area contributed by atoms with E-state index < -0.39 is 6.10 Å². The van der Waals surface area contributed by atoms with Crippen LogP contribution in [0.3, 0.4) is 0 Å². The molecule has 372 valence electrons. The van der Waals surface area contributed by atoms with Gasteiger partial charge in [-0.2, -0.15) is 0 Å². The highest BCUT2D eigenvalue weighted by molar-refractivity contribution is 5.71. The van der Waals surface area contributed by atoms with Gasteiger partial charge in [-0.05, 0) is 109 Å². The van der Waals surface area contributed by atoms with E-state index in [4.69, 9.17) is 14.2 Å². The van der Waals surface area contributed by atoms with Crippen molar-refractivity contribution >= 4 is 17.9 Å². The van der Waals surface area contributed by atoms with Crippen molar-refractivity contribution in [2.75, 3.05) is 13.2 Å². The second-order valence-electron chi connectivity index (χ2n) is 17.7. The predicted molar refractivity (Wildman–Crippen MR) is 279 cm³/mol. The molecule has 0 aromatic carbocycles. The minimum Gasteiger partial charge on any atom is -0.462 e. The maximum atomic E-state index is 12.8. The molecule has 0 fully saturated rings. The highest BCUT2D eigenvalue weighted by Crippen LogP contribution is 2.14. The van der Waals surface area contributed by atoms with E-state index in [1.807, 2.05) is 0 Å². The molecule has 0 amide bonds. The van der Waals surface area contributed by atoms with E-state index in [2.05, 4.69) is 106 Å². The molecule has 1 atom stereocenters. The lowest BCUT2D eigenvalue weighted by molar-refractivity contribution is -0.167. The lowest BCUT2D eigenvalue weighted by Gasteiger charge is -2.18. The highest BCUT2D eigenvalue weighted by Gasteiger charge is 2.19. The highest BCUT2D eigenvalue weighted by atomic mass is 16.6. The SMILES string of the molecule is CC/C=C\C/C=C\C/C=C\C/C=C\C/C=C\CCCC(=O)OC[C@@H](COC(=O)CCCCCCC/C=C\CCCCCCCC)OC(=O)CCCCCCC/C=C\CCCCCCCC. The minimum atomic E-state index is -0.807. The summed E-state index contributed by atoms with van der Waals surface area (Å²) in [6, 6.07) is 0. The van der Waals surface area contributed by atoms with E-state index in [9.17, 15) is 14.4 Å². The summed E-state index contributed by atoms with van der Waals surface area (Å²) >= 11 is 0. The molecule has 0 aliphatic carbocycles. The number of carbonyl (C=O) groups is 3. The first-order chi connectivity index (χ1) is 32.0. The Balaban J connectivity index is 4.50. The summed E-state index contributed by atoms with van der Waals surface area (Å²) in [5, 5.41) is 0. The molecular formula is C59H100O6. The molecule has 0 radical (unpaired) electrons. The van der Waals surface area contributed by atoms with E-state index >= 15 is 0 Å². The number of carbonyl (C=O) groups excluding carboxylic acids is 3. The van der Waals surface area contributed by atoms with Crippen molar-refractivity contribution in [3.05, 3.63) is 85.1 Å². The molecule has 65 heavy (non-hydrogen) atoms. The summed E-state index contributed by atoms with van der Waals surface area (Å²) in [7, 11) is 0. The molecule has 0 unspecified atom stereocenters. The fraction of sp³-hybridized carbons (Fsp3) is 0.712. The third kappa shape index (κ3) is 51.4. The Kier molecular flexibility index (Phi) is 50.4. The van der Waals surface area contributed by atoms with Gasteiger partial charge in [0.1, 0.15) is 13.2 Å². The maximum Gasteiger partial charge on any atom is 0.306 e. The third-order valence-electron chi connectivity index (χ3n) is 11.4. The van der Waals surface area contributed by atoms with Gasteiger partial charge in [0.05, 0.1) is 0 Å². The van der Waals surface area contributed by atoms with Crippen molar-refractivity contribution in [1.82, 2.24) is 0 Å². The molecule has 0 saturated carbocycles. The van der Waals surface area contributed by atoms with Crippen LogP contribution in [0.15, 0.2) is 85.1 Å². The van der Waals surface area contributed by atoms with Crippen molar-refractivity contribution in [2.24, 2.45) is 0 Å². The quantitative estimate of drug-likeness (QED) is 0.0262. The molecule has 0 aliphatic rings. The van der Waals surface area contributed by atoms with Gasteiger partial charge in [-0.15, -0.1) is 0 Å². The first-order valence-corrected chi connectivity index (χ1v) is 27.1. The summed E-state index contributed by atoms with van der Waals surface area (Å²) in [5.74, 6) is -0.977. The monoisotopic (exact) mass is 905 g/mol. The first kappa shape index (κ1) is 61.6. The number of allylic oxidation sites excluding steroid dienone is 14. The Labute approximate surface area is 401 Å². The average molecular weight is 905 g/mol. The molecule has 0 aromatic rings. The fourth-order valence-corrected chi connectivity index (χ4v) is 7.29. The summed E-state index contributed by atoms with van der Waals surface area (Å²) in [6.45, 7) is 6.45. The number of esters is 3. The van der Waals surface area contributed by atoms with Crippen LogP contribution in [0.2, 0.25) is 0 Å². The van der Waals surface area contributed by atoms with Gasteiger partial charge in [-0.25, -0.2) is 0 Å². The van der Waals surface area contributed by atoms with Gasteiger partial charge in [0.15, 0.2) is 6.10 Å². The van der Waals surface area contributed by atoms with Crippen LogP contribution in [0.1, 0.15) is 252 Å². The molecule has 0 heterocycles. The van der Waals surface area contributed by atoms with E-state index in [0.717, 1.165) is 96.3 Å². The Morgan fingerprint density at radius 3 is 1.02 bits per heavy atom. The fourth-order valence-electron chi connectivity index (χ4n) is 7.29. The minimum absolute atomic E-state index is 0.102. The zero-order valence-electron chi connectivity index (χ0n) is 42.5. The van der Waals surface area contributed by atoms with Crippen LogP contribution in [-0.4, -0.2) is 37.2 Å². The lowest BCUT2D eigenvalue weighted by Crippen LogP contribution is -2.30. The molecule has 0 aromatic heterocycles. The number of ether oxygens (including phenoxy) is 3. The molecule has 0 rings (SSSR count). The average Bonchev–Trinajstić information content (AvgIpc) is 3.30. The van der Waals surface area contributed by atoms with Crippen LogP contribution in [0.4, 0.5) is 0 Å². The van der Waals surface area contributed by atoms with Crippen LogP contribution in [0.5, 0.6) is 0 Å². The van der Waals surface area contributed by atoms with E-state index in [-0.39, 0.29) is 37.5 Å². The molecule has 0 bridgehead atoms. The summed E-state index contributed by atoms with van der Waals surface area (Å²) in [6.07, 6.45) is 68.6. The third-order valence-corrected chi connectivity index (χ3v) is 11.4. The Bertz CT molecular complexity index is 1270. The van der Waals surface area contributed by atoms with Crippen molar-refractivity contribution in [3.8, 4) is 0 Å². The number of rotatable bonds is 48. The first-order valence-electron chi connectivity index (χ1n) is 27.1. The Morgan fingerprint density at radius 2 is 0.615 bits per heavy atom. The maximum absolute atomic E-state index is 12.8. The van der Waals surface area contributed by atoms with Gasteiger partial charge in [-0.3, -0.25) is 14.4 Å². The number of hydrogen-bond donors (Lipinski definition) is 0. The smallest absolute Gasteiger partial charge is 0.306 e. The number of hydrogen-bond acceptors (Lipinski definition) is 6. The van der Waals surface area contributed by atoms with Crippen LogP contribution in [0.25, 0.3) is 0 Å². The molecule has 0 spiro atoms. The van der Waals surface area contributed by atoms with Crippen LogP contribution < -0.4 is 0 Å². The van der Waals surface area contributed by atoms with Gasteiger partial charge in [0.25, 0.3) is 0 Å². The second kappa shape index (κ2) is 53.2. The van der Waals surface area contributed by atoms with Gasteiger partial charge in [0.2, 0.25) is 0 Å². The molecule has 0 aliphatic heterocycles. The molecule has 6 heteroatoms. The van der Waals surface area contributed by atoms with Gasteiger partial charge < -0.3 is 14.2 Å². The molecule has 0 N–H and O–H groups in total. The zero-order chi connectivity index (χ0) is 47.2. The van der Waals surface area contributed by atoms with Crippen LogP contribution in [0, 0.1) is 0 Å². The van der Waals surface area contributed by atoms with Crippen molar-refractivity contribution in [1.29, 1.82) is 0 Å². The second-order valence-corrected chi connectivity index (χ2v) is 17.7. The van der Waals surface area contributed by atoms with Crippen LogP contribution in [-0.2, 0) is 28.6 Å². The molecule has 6 nitrogen and oxygen atoms in total. The predicted octanol–water partition coefficient (Wildman–Crippen LogP) is 18.0. The zero-order valence-corrected chi connectivity index (χ0v) is 42.5. The van der Waals surface area contributed by atoms with E-state index in [1.54, 1.807) is 0 Å². The summed E-state index contributed by atoms with van der Waals surface area (Å²) in [5.41, 5.74) is 0. The topological polar surface area (TPSA) is 78.9 Å². The Morgan fingerprint density at radius 1 is 0.323 bits per heavy atom. The Hall–Kier alpha value is -3.41. The van der Waals surface area contributed by atoms with Crippen LogP contribution >= 0.6 is 0 Å². The van der Waals surface area contributed by atoms with Crippen molar-refractivity contribution in [2.45, 2.75) is 258 Å². The molecule has 0 saturated heterocycles. The summed E-state index contributed by atoms with van der Waals surface area (Å²) in [4.78, 5) is 38.0. The summed E-state index contributed by atoms with van der Waals surface area (Å²) < 4.78 is 16.8. The largest absolute Gasteiger partial charge is 0.462 e. The van der Waals surface area contributed by atoms with Gasteiger partial charge >= 0.3 is 17.9 Å². The van der Waals surface area contributed by atoms with Gasteiger partial charge in [0, 0.05) is 19.3 Å². The van der Waals surface area contributed by atoms with Crippen molar-refractivity contribution in [3.63, 3.8) is 0 Å². The molecular weight excluding hydrogens is 805 g/mol. The lowest BCUT2D eigenvalue weighted by atomic mass is 10.1. The number of unbranched alkanes of at least 4 members (excludes halogenated alkanes) is 23. The van der Waals surface area contributed by atoms with E-state index in [0.29, 0.717) is 19.3 Å². The van der Waals surface area contributed by atoms with E-state index in [1.165, 1.54) is 109 Å².